The molecule has 0 saturated carbocycles. The van der Waals surface area contributed by atoms with Crippen molar-refractivity contribution in [2.45, 2.75) is 13.0 Å². The van der Waals surface area contributed by atoms with Gasteiger partial charge in [-0.1, -0.05) is 53.5 Å². The lowest BCUT2D eigenvalue weighted by molar-refractivity contribution is 0.0940. The monoisotopic (exact) mass is 387 g/mol. The van der Waals surface area contributed by atoms with Gasteiger partial charge in [0.2, 0.25) is 0 Å². The van der Waals surface area contributed by atoms with Crippen LogP contribution in [0.3, 0.4) is 0 Å². The molecule has 0 unspecified atom stereocenters. The van der Waals surface area contributed by atoms with E-state index in [-0.39, 0.29) is 22.0 Å². The van der Waals surface area contributed by atoms with Gasteiger partial charge in [0.05, 0.1) is 22.9 Å². The van der Waals surface area contributed by atoms with Crippen molar-refractivity contribution in [1.82, 2.24) is 15.1 Å². The summed E-state index contributed by atoms with van der Waals surface area (Å²) in [5.41, 5.74) is 1.46. The fourth-order valence-corrected chi connectivity index (χ4v) is 2.71. The van der Waals surface area contributed by atoms with Crippen molar-refractivity contribution in [2.75, 3.05) is 0 Å². The first kappa shape index (κ1) is 18.2. The van der Waals surface area contributed by atoms with E-state index in [9.17, 15) is 9.59 Å². The third-order valence-corrected chi connectivity index (χ3v) is 4.65. The van der Waals surface area contributed by atoms with Crippen LogP contribution in [0, 0.1) is 0 Å². The Morgan fingerprint density at radius 3 is 2.38 bits per heavy atom. The van der Waals surface area contributed by atoms with E-state index in [0.29, 0.717) is 11.3 Å². The lowest BCUT2D eigenvalue weighted by Crippen LogP contribution is -2.26. The van der Waals surface area contributed by atoms with Crippen molar-refractivity contribution in [3.63, 3.8) is 0 Å². The summed E-state index contributed by atoms with van der Waals surface area (Å²) in [6.07, 6.45) is 1.30. The lowest BCUT2D eigenvalue weighted by Gasteiger charge is -2.14. The van der Waals surface area contributed by atoms with E-state index in [1.165, 1.54) is 6.20 Å². The topological polar surface area (TPSA) is 64.0 Å². The minimum Gasteiger partial charge on any atom is -0.346 e. The van der Waals surface area contributed by atoms with Gasteiger partial charge in [0.15, 0.2) is 0 Å². The molecular weight excluding hydrogens is 373 g/mol. The molecular formula is C19H15Cl2N3O2. The summed E-state index contributed by atoms with van der Waals surface area (Å²) < 4.78 is 1.13. The normalized spacial score (nSPS) is 11.8. The second-order valence-electron chi connectivity index (χ2n) is 5.68. The minimum absolute atomic E-state index is 0.0961. The predicted octanol–water partition coefficient (Wildman–Crippen LogP) is 4.03. The molecule has 1 N–H and O–H groups in total. The number of carbonyl (C=O) groups excluding carboxylic acids is 1. The second kappa shape index (κ2) is 7.72. The molecule has 1 amide bonds. The van der Waals surface area contributed by atoms with Gasteiger partial charge in [-0.2, -0.15) is 9.78 Å². The smallest absolute Gasteiger partial charge is 0.291 e. The predicted molar refractivity (Wildman–Crippen MR) is 102 cm³/mol. The van der Waals surface area contributed by atoms with Gasteiger partial charge in [-0.3, -0.25) is 9.59 Å². The molecule has 5 nitrogen and oxygen atoms in total. The van der Waals surface area contributed by atoms with Gasteiger partial charge in [-0.05, 0) is 36.8 Å². The molecule has 0 radical (unpaired) electrons. The van der Waals surface area contributed by atoms with Crippen LogP contribution in [-0.2, 0) is 0 Å². The minimum atomic E-state index is -0.519. The van der Waals surface area contributed by atoms with Crippen molar-refractivity contribution in [1.29, 1.82) is 0 Å². The molecule has 7 heteroatoms. The van der Waals surface area contributed by atoms with Crippen molar-refractivity contribution in [2.24, 2.45) is 0 Å². The average molecular weight is 388 g/mol. The zero-order valence-electron chi connectivity index (χ0n) is 13.8. The summed E-state index contributed by atoms with van der Waals surface area (Å²) in [6.45, 7) is 1.92. The number of amides is 1. The highest BCUT2D eigenvalue weighted by Crippen LogP contribution is 2.17. The summed E-state index contributed by atoms with van der Waals surface area (Å²) in [7, 11) is 0. The first-order valence-electron chi connectivity index (χ1n) is 7.87. The molecule has 3 aromatic rings. The van der Waals surface area contributed by atoms with Gasteiger partial charge in [0.1, 0.15) is 5.02 Å². The maximum Gasteiger partial charge on any atom is 0.291 e. The number of carbonyl (C=O) groups is 1. The molecule has 0 aliphatic heterocycles. The third kappa shape index (κ3) is 3.79. The Labute approximate surface area is 160 Å². The van der Waals surface area contributed by atoms with Gasteiger partial charge in [0.25, 0.3) is 11.5 Å². The summed E-state index contributed by atoms with van der Waals surface area (Å²) in [4.78, 5) is 24.5. The van der Waals surface area contributed by atoms with E-state index in [2.05, 4.69) is 10.4 Å². The maximum absolute atomic E-state index is 12.4. The van der Waals surface area contributed by atoms with E-state index in [4.69, 9.17) is 23.2 Å². The van der Waals surface area contributed by atoms with Gasteiger partial charge in [0, 0.05) is 5.56 Å². The average Bonchev–Trinajstić information content (AvgIpc) is 2.67. The Morgan fingerprint density at radius 1 is 1.08 bits per heavy atom. The first-order valence-corrected chi connectivity index (χ1v) is 8.62. The Hall–Kier alpha value is -2.63. The van der Waals surface area contributed by atoms with Crippen LogP contribution in [0.25, 0.3) is 5.69 Å². The Morgan fingerprint density at radius 2 is 1.73 bits per heavy atom. The van der Waals surface area contributed by atoms with Crippen LogP contribution >= 0.6 is 23.2 Å². The molecule has 0 aliphatic rings. The third-order valence-electron chi connectivity index (χ3n) is 3.90. The zero-order chi connectivity index (χ0) is 18.7. The number of halogens is 2. The van der Waals surface area contributed by atoms with Gasteiger partial charge in [-0.25, -0.2) is 0 Å². The second-order valence-corrected chi connectivity index (χ2v) is 6.46. The standard InChI is InChI=1S/C19H15Cl2N3O2/c1-12(13-5-3-2-4-6-13)23-18(25)14-7-9-15(10-8-14)24-19(26)17(21)16(20)11-22-24/h2-12H,1H3,(H,23,25)/t12-/m0/s1. The molecule has 2 aromatic carbocycles. The van der Waals surface area contributed by atoms with Crippen molar-refractivity contribution < 1.29 is 4.79 Å². The van der Waals surface area contributed by atoms with Crippen LogP contribution in [0.5, 0.6) is 0 Å². The van der Waals surface area contributed by atoms with Crippen LogP contribution in [0.2, 0.25) is 10.0 Å². The molecule has 0 spiro atoms. The van der Waals surface area contributed by atoms with Crippen LogP contribution < -0.4 is 10.9 Å². The quantitative estimate of drug-likeness (QED) is 0.734. The zero-order valence-corrected chi connectivity index (χ0v) is 15.3. The fraction of sp³-hybridized carbons (Fsp3) is 0.105. The number of nitrogens with zero attached hydrogens (tertiary/aromatic N) is 2. The highest BCUT2D eigenvalue weighted by molar-refractivity contribution is 6.41. The highest BCUT2D eigenvalue weighted by atomic mass is 35.5. The molecule has 132 valence electrons. The summed E-state index contributed by atoms with van der Waals surface area (Å²) >= 11 is 11.6. The van der Waals surface area contributed by atoms with Gasteiger partial charge < -0.3 is 5.32 Å². The van der Waals surface area contributed by atoms with E-state index < -0.39 is 5.56 Å². The number of benzene rings is 2. The number of hydrogen-bond donors (Lipinski definition) is 1. The molecule has 0 saturated heterocycles. The van der Waals surface area contributed by atoms with Crippen molar-refractivity contribution in [3.8, 4) is 5.69 Å². The van der Waals surface area contributed by atoms with Crippen LogP contribution in [-0.4, -0.2) is 15.7 Å². The summed E-state index contributed by atoms with van der Waals surface area (Å²) in [5.74, 6) is -0.206. The number of aromatic nitrogens is 2. The fourth-order valence-electron chi connectivity index (χ4n) is 2.46. The maximum atomic E-state index is 12.4. The van der Waals surface area contributed by atoms with E-state index in [1.807, 2.05) is 37.3 Å². The number of nitrogens with one attached hydrogen (secondary N) is 1. The van der Waals surface area contributed by atoms with Crippen molar-refractivity contribution in [3.05, 3.63) is 92.3 Å². The largest absolute Gasteiger partial charge is 0.346 e. The van der Waals surface area contributed by atoms with E-state index in [1.54, 1.807) is 24.3 Å². The molecule has 0 aliphatic carbocycles. The van der Waals surface area contributed by atoms with Gasteiger partial charge in [-0.15, -0.1) is 0 Å². The number of rotatable bonds is 4. The molecule has 1 atom stereocenters. The number of hydrogen-bond acceptors (Lipinski definition) is 3. The Kier molecular flexibility index (Phi) is 5.40. The Bertz CT molecular complexity index is 986. The van der Waals surface area contributed by atoms with E-state index >= 15 is 0 Å². The molecule has 1 heterocycles. The first-order chi connectivity index (χ1) is 12.5. The molecule has 0 fully saturated rings. The highest BCUT2D eigenvalue weighted by Gasteiger charge is 2.13. The van der Waals surface area contributed by atoms with Crippen LogP contribution in [0.15, 0.2) is 65.6 Å². The SMILES string of the molecule is C[C@H](NC(=O)c1ccc(-n2ncc(Cl)c(Cl)c2=O)cc1)c1ccccc1. The molecule has 1 aromatic heterocycles. The van der Waals surface area contributed by atoms with Gasteiger partial charge >= 0.3 is 0 Å². The molecule has 0 bridgehead atoms. The van der Waals surface area contributed by atoms with E-state index in [0.717, 1.165) is 10.2 Å². The van der Waals surface area contributed by atoms with Crippen LogP contribution in [0.1, 0.15) is 28.9 Å². The van der Waals surface area contributed by atoms with Crippen LogP contribution in [0.4, 0.5) is 0 Å². The summed E-state index contributed by atoms with van der Waals surface area (Å²) in [5, 5.41) is 6.90. The summed E-state index contributed by atoms with van der Waals surface area (Å²) in [6, 6.07) is 16.1. The molecule has 3 rings (SSSR count). The van der Waals surface area contributed by atoms with Crippen molar-refractivity contribution >= 4 is 29.1 Å². The lowest BCUT2D eigenvalue weighted by atomic mass is 10.1. The Balaban J connectivity index is 1.78. The molecule has 26 heavy (non-hydrogen) atoms.